The van der Waals surface area contributed by atoms with Crippen LogP contribution in [0.15, 0.2) is 23.4 Å². The van der Waals surface area contributed by atoms with E-state index >= 15 is 0 Å². The highest BCUT2D eigenvalue weighted by molar-refractivity contribution is 7.99. The third-order valence-electron chi connectivity index (χ3n) is 4.26. The molecule has 2 atom stereocenters. The average molecular weight is 318 g/mol. The number of aryl methyl sites for hydroxylation is 1. The number of imidazole rings is 1. The van der Waals surface area contributed by atoms with Crippen molar-refractivity contribution in [3.63, 3.8) is 0 Å². The number of nitrogens with two attached hydrogens (primary N) is 1. The van der Waals surface area contributed by atoms with Crippen molar-refractivity contribution >= 4 is 28.7 Å². The molecule has 0 aliphatic carbocycles. The summed E-state index contributed by atoms with van der Waals surface area (Å²) < 4.78 is 0. The number of aromatic amines is 1. The van der Waals surface area contributed by atoms with Crippen LogP contribution in [0.25, 0.3) is 11.0 Å². The molecule has 1 aromatic carbocycles. The van der Waals surface area contributed by atoms with E-state index in [1.54, 1.807) is 0 Å². The minimum Gasteiger partial charge on any atom is -0.339 e. The second-order valence-corrected chi connectivity index (χ2v) is 7.05. The molecule has 3 rings (SSSR count). The van der Waals surface area contributed by atoms with Gasteiger partial charge in [-0.15, -0.1) is 0 Å². The first-order valence-electron chi connectivity index (χ1n) is 7.65. The molecule has 1 saturated heterocycles. The number of carbonyl (C=O) groups excluding carboxylic acids is 1. The van der Waals surface area contributed by atoms with E-state index in [2.05, 4.69) is 29.9 Å². The number of nitrogens with one attached hydrogen (secondary N) is 1. The topological polar surface area (TPSA) is 75.0 Å². The molecule has 5 nitrogen and oxygen atoms in total. The van der Waals surface area contributed by atoms with Crippen molar-refractivity contribution in [3.8, 4) is 0 Å². The van der Waals surface area contributed by atoms with Crippen LogP contribution >= 0.6 is 11.8 Å². The second-order valence-electron chi connectivity index (χ2n) is 6.08. The van der Waals surface area contributed by atoms with E-state index < -0.39 is 0 Å². The van der Waals surface area contributed by atoms with Gasteiger partial charge in [0.15, 0.2) is 5.16 Å². The lowest BCUT2D eigenvalue weighted by Crippen LogP contribution is -2.35. The summed E-state index contributed by atoms with van der Waals surface area (Å²) >= 11 is 1.47. The molecular weight excluding hydrogens is 296 g/mol. The Bertz CT molecular complexity index is 684. The Balaban J connectivity index is 1.62. The third kappa shape index (κ3) is 3.13. The van der Waals surface area contributed by atoms with E-state index in [0.717, 1.165) is 29.2 Å². The molecular formula is C16H22N4OS. The highest BCUT2D eigenvalue weighted by Crippen LogP contribution is 2.25. The Morgan fingerprint density at radius 3 is 3.09 bits per heavy atom. The summed E-state index contributed by atoms with van der Waals surface area (Å²) in [4.78, 5) is 22.1. The van der Waals surface area contributed by atoms with Crippen LogP contribution in [0.1, 0.15) is 18.9 Å². The molecule has 1 aliphatic rings. The van der Waals surface area contributed by atoms with Crippen molar-refractivity contribution in [1.29, 1.82) is 0 Å². The molecule has 2 aromatic rings. The van der Waals surface area contributed by atoms with Gasteiger partial charge >= 0.3 is 0 Å². The summed E-state index contributed by atoms with van der Waals surface area (Å²) in [6.45, 7) is 5.60. The zero-order valence-corrected chi connectivity index (χ0v) is 13.8. The Kier molecular flexibility index (Phi) is 4.40. The first-order chi connectivity index (χ1) is 10.6. The maximum atomic E-state index is 12.4. The maximum Gasteiger partial charge on any atom is 0.233 e. The average Bonchev–Trinajstić information content (AvgIpc) is 3.07. The number of carbonyl (C=O) groups is 1. The number of hydrogen-bond donors (Lipinski definition) is 2. The monoisotopic (exact) mass is 318 g/mol. The molecule has 1 amide bonds. The van der Waals surface area contributed by atoms with Gasteiger partial charge in [0, 0.05) is 12.6 Å². The maximum absolute atomic E-state index is 12.4. The summed E-state index contributed by atoms with van der Waals surface area (Å²) in [5.74, 6) is 1.03. The third-order valence-corrected chi connectivity index (χ3v) is 5.12. The SMILES string of the molecule is Cc1ccc2nc(SCC(=O)N3CC(CN)CC3C)[nH]c2c1. The van der Waals surface area contributed by atoms with Crippen LogP contribution in [0.5, 0.6) is 0 Å². The Hall–Kier alpha value is -1.53. The fourth-order valence-corrected chi connectivity index (χ4v) is 3.81. The van der Waals surface area contributed by atoms with Gasteiger partial charge in [0.1, 0.15) is 0 Å². The van der Waals surface area contributed by atoms with E-state index in [4.69, 9.17) is 5.73 Å². The normalized spacial score (nSPS) is 21.7. The van der Waals surface area contributed by atoms with Gasteiger partial charge < -0.3 is 15.6 Å². The van der Waals surface area contributed by atoms with Gasteiger partial charge in [-0.25, -0.2) is 4.98 Å². The van der Waals surface area contributed by atoms with Gasteiger partial charge in [0.2, 0.25) is 5.91 Å². The molecule has 0 saturated carbocycles. The van der Waals surface area contributed by atoms with Crippen molar-refractivity contribution in [2.75, 3.05) is 18.8 Å². The number of fused-ring (bicyclic) bond motifs is 1. The first-order valence-corrected chi connectivity index (χ1v) is 8.64. The van der Waals surface area contributed by atoms with Crippen LogP contribution < -0.4 is 5.73 Å². The number of benzene rings is 1. The van der Waals surface area contributed by atoms with Crippen LogP contribution in [0.2, 0.25) is 0 Å². The molecule has 22 heavy (non-hydrogen) atoms. The predicted molar refractivity (Wildman–Crippen MR) is 89.9 cm³/mol. The zero-order chi connectivity index (χ0) is 15.7. The van der Waals surface area contributed by atoms with E-state index in [1.807, 2.05) is 17.0 Å². The summed E-state index contributed by atoms with van der Waals surface area (Å²) in [6, 6.07) is 6.41. The largest absolute Gasteiger partial charge is 0.339 e. The van der Waals surface area contributed by atoms with Crippen LogP contribution in [-0.2, 0) is 4.79 Å². The molecule has 1 aliphatic heterocycles. The van der Waals surface area contributed by atoms with Crippen molar-refractivity contribution in [2.24, 2.45) is 11.7 Å². The number of likely N-dealkylation sites (tertiary alicyclic amines) is 1. The number of hydrogen-bond acceptors (Lipinski definition) is 4. The smallest absolute Gasteiger partial charge is 0.233 e. The minimum absolute atomic E-state index is 0.171. The van der Waals surface area contributed by atoms with Crippen molar-refractivity contribution in [3.05, 3.63) is 23.8 Å². The second kappa shape index (κ2) is 6.30. The number of nitrogens with zero attached hydrogens (tertiary/aromatic N) is 2. The van der Waals surface area contributed by atoms with Gasteiger partial charge in [-0.2, -0.15) is 0 Å². The van der Waals surface area contributed by atoms with Crippen molar-refractivity contribution in [2.45, 2.75) is 31.5 Å². The van der Waals surface area contributed by atoms with Gasteiger partial charge in [0.25, 0.3) is 0 Å². The van der Waals surface area contributed by atoms with Crippen LogP contribution in [0.3, 0.4) is 0 Å². The molecule has 118 valence electrons. The van der Waals surface area contributed by atoms with Crippen LogP contribution in [0, 0.1) is 12.8 Å². The van der Waals surface area contributed by atoms with Gasteiger partial charge in [-0.05, 0) is 50.4 Å². The predicted octanol–water partition coefficient (Wildman–Crippen LogP) is 2.16. The lowest BCUT2D eigenvalue weighted by atomic mass is 10.1. The fraction of sp³-hybridized carbons (Fsp3) is 0.500. The zero-order valence-electron chi connectivity index (χ0n) is 13.0. The van der Waals surface area contributed by atoms with Crippen molar-refractivity contribution in [1.82, 2.24) is 14.9 Å². The molecule has 2 heterocycles. The molecule has 6 heteroatoms. The number of aromatic nitrogens is 2. The van der Waals surface area contributed by atoms with E-state index in [9.17, 15) is 4.79 Å². The van der Waals surface area contributed by atoms with Gasteiger partial charge in [-0.1, -0.05) is 17.8 Å². The number of H-pyrrole nitrogens is 1. The molecule has 1 aromatic heterocycles. The Morgan fingerprint density at radius 2 is 2.36 bits per heavy atom. The standard InChI is InChI=1S/C16H22N4OS/c1-10-3-4-13-14(5-10)19-16(18-13)22-9-15(21)20-8-12(7-17)6-11(20)2/h3-5,11-12H,6-9,17H2,1-2H3,(H,18,19). The van der Waals surface area contributed by atoms with Gasteiger partial charge in [-0.3, -0.25) is 4.79 Å². The molecule has 2 unspecified atom stereocenters. The summed E-state index contributed by atoms with van der Waals surface area (Å²) in [6.07, 6.45) is 1.01. The van der Waals surface area contributed by atoms with E-state index in [0.29, 0.717) is 24.3 Å². The fourth-order valence-electron chi connectivity index (χ4n) is 3.04. The first kappa shape index (κ1) is 15.4. The van der Waals surface area contributed by atoms with E-state index in [-0.39, 0.29) is 5.91 Å². The molecule has 0 spiro atoms. The highest BCUT2D eigenvalue weighted by atomic mass is 32.2. The number of rotatable bonds is 4. The molecule has 1 fully saturated rings. The number of thioether (sulfide) groups is 1. The summed E-state index contributed by atoms with van der Waals surface area (Å²) in [5.41, 5.74) is 8.88. The Labute approximate surface area is 134 Å². The molecule has 0 radical (unpaired) electrons. The Morgan fingerprint density at radius 1 is 1.55 bits per heavy atom. The van der Waals surface area contributed by atoms with Crippen molar-refractivity contribution < 1.29 is 4.79 Å². The van der Waals surface area contributed by atoms with E-state index in [1.165, 1.54) is 17.3 Å². The van der Waals surface area contributed by atoms with Crippen LogP contribution in [0.4, 0.5) is 0 Å². The molecule has 0 bridgehead atoms. The minimum atomic E-state index is 0.171. The highest BCUT2D eigenvalue weighted by Gasteiger charge is 2.31. The lowest BCUT2D eigenvalue weighted by Gasteiger charge is -2.21. The quantitative estimate of drug-likeness (QED) is 0.847. The lowest BCUT2D eigenvalue weighted by molar-refractivity contribution is -0.128. The number of amides is 1. The van der Waals surface area contributed by atoms with Crippen LogP contribution in [-0.4, -0.2) is 45.7 Å². The van der Waals surface area contributed by atoms with Gasteiger partial charge in [0.05, 0.1) is 16.8 Å². The summed E-state index contributed by atoms with van der Waals surface area (Å²) in [5, 5.41) is 0.802. The summed E-state index contributed by atoms with van der Waals surface area (Å²) in [7, 11) is 0. The molecule has 3 N–H and O–H groups in total.